The van der Waals surface area contributed by atoms with Gasteiger partial charge >= 0.3 is 17.8 Å². The lowest BCUT2D eigenvalue weighted by Gasteiger charge is -2.44. The van der Waals surface area contributed by atoms with Crippen molar-refractivity contribution in [3.8, 4) is 0 Å². The van der Waals surface area contributed by atoms with E-state index in [9.17, 15) is 19.8 Å². The summed E-state index contributed by atoms with van der Waals surface area (Å²) in [5, 5.41) is 19.0. The molecule has 0 amide bonds. The number of aliphatic hydroxyl groups is 2. The minimum atomic E-state index is -1.88. The van der Waals surface area contributed by atoms with E-state index in [-0.39, 0.29) is 6.04 Å². The number of piperidine rings is 1. The topological polar surface area (TPSA) is 96.3 Å². The molecule has 0 aromatic heterocycles. The second-order valence-electron chi connectivity index (χ2n) is 5.33. The van der Waals surface area contributed by atoms with Gasteiger partial charge in [0, 0.05) is 19.0 Å². The normalized spacial score (nSPS) is 43.6. The van der Waals surface area contributed by atoms with E-state index < -0.39 is 30.1 Å². The molecule has 3 aliphatic rings. The third-order valence-electron chi connectivity index (χ3n) is 4.15. The number of hydrogen-bond donors (Lipinski definition) is 2. The van der Waals surface area contributed by atoms with Gasteiger partial charge in [0.05, 0.1) is 0 Å². The number of aliphatic hydroxyl groups excluding tert-OH is 2. The highest BCUT2D eigenvalue weighted by Crippen LogP contribution is 2.41. The van der Waals surface area contributed by atoms with Gasteiger partial charge in [-0.05, 0) is 25.7 Å². The highest BCUT2D eigenvalue weighted by atomic mass is 16.8. The first-order valence-electron chi connectivity index (χ1n) is 6.62. The van der Waals surface area contributed by atoms with Crippen LogP contribution in [0.1, 0.15) is 32.1 Å². The summed E-state index contributed by atoms with van der Waals surface area (Å²) >= 11 is 0. The predicted molar refractivity (Wildman–Crippen MR) is 60.5 cm³/mol. The first-order chi connectivity index (χ1) is 9.03. The van der Waals surface area contributed by atoms with Crippen LogP contribution in [0.5, 0.6) is 0 Å². The minimum absolute atomic E-state index is 0.224. The van der Waals surface area contributed by atoms with Crippen molar-refractivity contribution in [2.45, 2.75) is 56.3 Å². The number of carbonyl (C=O) groups is 2. The molecule has 0 radical (unpaired) electrons. The van der Waals surface area contributed by atoms with Crippen LogP contribution in [-0.2, 0) is 19.1 Å². The zero-order valence-electron chi connectivity index (χ0n) is 10.4. The molecule has 3 fully saturated rings. The Morgan fingerprint density at radius 2 is 1.63 bits per heavy atom. The molecule has 0 aromatic carbocycles. The summed E-state index contributed by atoms with van der Waals surface area (Å²) in [4.78, 5) is 25.4. The number of esters is 2. The molecule has 106 valence electrons. The Morgan fingerprint density at radius 3 is 2.26 bits per heavy atom. The second kappa shape index (κ2) is 4.43. The lowest BCUT2D eigenvalue weighted by Crippen LogP contribution is -2.58. The first kappa shape index (κ1) is 12.8. The Hall–Kier alpha value is -1.18. The third kappa shape index (κ3) is 1.92. The summed E-state index contributed by atoms with van der Waals surface area (Å²) in [5.74, 6) is -3.46. The maximum absolute atomic E-state index is 11.7. The van der Waals surface area contributed by atoms with Crippen LogP contribution in [0, 0.1) is 0 Å². The number of fused-ring (bicyclic) bond motifs is 2. The van der Waals surface area contributed by atoms with Crippen molar-refractivity contribution in [3.05, 3.63) is 0 Å². The highest BCUT2D eigenvalue weighted by Gasteiger charge is 2.56. The fraction of sp³-hybridized carbons (Fsp3) is 0.833. The van der Waals surface area contributed by atoms with Crippen LogP contribution in [-0.4, -0.2) is 57.8 Å². The van der Waals surface area contributed by atoms with Gasteiger partial charge in [-0.1, -0.05) is 0 Å². The van der Waals surface area contributed by atoms with Gasteiger partial charge in [0.15, 0.2) is 12.2 Å². The number of hydrogen-bond acceptors (Lipinski definition) is 7. The standard InChI is InChI=1S/C12H17NO6/c14-8-9(15)11(17)19-12(18-10(8)16)5-1-3-7-4-2-6-13(7)12/h7-9,14-15H,1-6H2. The molecule has 0 aliphatic carbocycles. The molecule has 19 heavy (non-hydrogen) atoms. The van der Waals surface area contributed by atoms with Crippen molar-refractivity contribution in [3.63, 3.8) is 0 Å². The van der Waals surface area contributed by atoms with E-state index in [1.807, 2.05) is 4.90 Å². The van der Waals surface area contributed by atoms with Crippen molar-refractivity contribution in [2.75, 3.05) is 6.54 Å². The van der Waals surface area contributed by atoms with Crippen molar-refractivity contribution < 1.29 is 29.3 Å². The molecule has 0 aromatic rings. The summed E-state index contributed by atoms with van der Waals surface area (Å²) in [6, 6.07) is 0.224. The molecule has 3 saturated heterocycles. The largest absolute Gasteiger partial charge is 0.406 e. The molecule has 0 bridgehead atoms. The van der Waals surface area contributed by atoms with Crippen LogP contribution in [0.3, 0.4) is 0 Å². The van der Waals surface area contributed by atoms with Gasteiger partial charge < -0.3 is 19.7 Å². The molecule has 3 unspecified atom stereocenters. The summed E-state index contributed by atoms with van der Waals surface area (Å²) in [6.07, 6.45) is 0.287. The molecule has 3 heterocycles. The Labute approximate surface area is 110 Å². The fourth-order valence-corrected chi connectivity index (χ4v) is 3.22. The van der Waals surface area contributed by atoms with Crippen molar-refractivity contribution in [2.24, 2.45) is 0 Å². The van der Waals surface area contributed by atoms with Crippen LogP contribution in [0.15, 0.2) is 0 Å². The zero-order valence-corrected chi connectivity index (χ0v) is 10.4. The number of rotatable bonds is 0. The smallest absolute Gasteiger partial charge is 0.342 e. The fourth-order valence-electron chi connectivity index (χ4n) is 3.22. The average molecular weight is 271 g/mol. The summed E-state index contributed by atoms with van der Waals surface area (Å²) in [7, 11) is 0. The Kier molecular flexibility index (Phi) is 2.99. The van der Waals surface area contributed by atoms with Gasteiger partial charge in [0.25, 0.3) is 0 Å². The SMILES string of the molecule is O=C1OC2(CCCC3CCCN32)OC(=O)C(O)C1O. The monoisotopic (exact) mass is 271 g/mol. The minimum Gasteiger partial charge on any atom is -0.406 e. The van der Waals surface area contributed by atoms with E-state index in [1.165, 1.54) is 0 Å². The predicted octanol–water partition coefficient (Wildman–Crippen LogP) is -0.890. The van der Waals surface area contributed by atoms with E-state index in [2.05, 4.69) is 0 Å². The third-order valence-corrected chi connectivity index (χ3v) is 4.15. The summed E-state index contributed by atoms with van der Waals surface area (Å²) in [6.45, 7) is 0.678. The number of nitrogens with zero attached hydrogens (tertiary/aromatic N) is 1. The van der Waals surface area contributed by atoms with Crippen molar-refractivity contribution >= 4 is 11.9 Å². The molecular formula is C12H17NO6. The Morgan fingerprint density at radius 1 is 1.05 bits per heavy atom. The van der Waals surface area contributed by atoms with Gasteiger partial charge in [-0.15, -0.1) is 0 Å². The van der Waals surface area contributed by atoms with Gasteiger partial charge in [-0.2, -0.15) is 0 Å². The van der Waals surface area contributed by atoms with E-state index in [0.717, 1.165) is 25.7 Å². The summed E-state index contributed by atoms with van der Waals surface area (Å²) < 4.78 is 10.5. The van der Waals surface area contributed by atoms with Crippen molar-refractivity contribution in [1.29, 1.82) is 0 Å². The first-order valence-corrected chi connectivity index (χ1v) is 6.62. The second-order valence-corrected chi connectivity index (χ2v) is 5.33. The zero-order chi connectivity index (χ0) is 13.6. The van der Waals surface area contributed by atoms with Gasteiger partial charge in [0.2, 0.25) is 0 Å². The Bertz CT molecular complexity index is 389. The summed E-state index contributed by atoms with van der Waals surface area (Å²) in [5.41, 5.74) is 0. The van der Waals surface area contributed by atoms with Gasteiger partial charge in [-0.3, -0.25) is 0 Å². The lowest BCUT2D eigenvalue weighted by atomic mass is 10.00. The van der Waals surface area contributed by atoms with E-state index >= 15 is 0 Å². The lowest BCUT2D eigenvalue weighted by molar-refractivity contribution is -0.300. The van der Waals surface area contributed by atoms with Crippen LogP contribution in [0.2, 0.25) is 0 Å². The van der Waals surface area contributed by atoms with Gasteiger partial charge in [0.1, 0.15) is 0 Å². The molecule has 3 rings (SSSR count). The molecule has 3 atom stereocenters. The van der Waals surface area contributed by atoms with Gasteiger partial charge in [-0.25, -0.2) is 14.5 Å². The molecule has 3 aliphatic heterocycles. The Balaban J connectivity index is 1.93. The van der Waals surface area contributed by atoms with E-state index in [1.54, 1.807) is 0 Å². The number of ether oxygens (including phenoxy) is 2. The molecule has 0 saturated carbocycles. The molecule has 7 nitrogen and oxygen atoms in total. The van der Waals surface area contributed by atoms with Crippen LogP contribution in [0.25, 0.3) is 0 Å². The highest BCUT2D eigenvalue weighted by molar-refractivity contribution is 5.87. The maximum atomic E-state index is 11.7. The van der Waals surface area contributed by atoms with E-state index in [0.29, 0.717) is 13.0 Å². The van der Waals surface area contributed by atoms with Crippen LogP contribution < -0.4 is 0 Å². The van der Waals surface area contributed by atoms with Crippen LogP contribution >= 0.6 is 0 Å². The van der Waals surface area contributed by atoms with Crippen LogP contribution in [0.4, 0.5) is 0 Å². The van der Waals surface area contributed by atoms with Crippen molar-refractivity contribution in [1.82, 2.24) is 4.90 Å². The number of carbonyl (C=O) groups excluding carboxylic acids is 2. The van der Waals surface area contributed by atoms with E-state index in [4.69, 9.17) is 9.47 Å². The molecule has 1 spiro atoms. The molecule has 7 heteroatoms. The quantitative estimate of drug-likeness (QED) is 0.552. The average Bonchev–Trinajstić information content (AvgIpc) is 2.84. The molecular weight excluding hydrogens is 254 g/mol. The molecule has 2 N–H and O–H groups in total. The maximum Gasteiger partial charge on any atom is 0.342 e.